The van der Waals surface area contributed by atoms with Crippen molar-refractivity contribution in [3.8, 4) is 0 Å². The minimum Gasteiger partial charge on any atom is -0.458 e. The summed E-state index contributed by atoms with van der Waals surface area (Å²) in [6.45, 7) is 4.25. The molecule has 3 saturated carbocycles. The van der Waals surface area contributed by atoms with E-state index in [0.717, 1.165) is 5.57 Å². The summed E-state index contributed by atoms with van der Waals surface area (Å²) in [4.78, 5) is 35.9. The predicted octanol–water partition coefficient (Wildman–Crippen LogP) is 2.44. The Morgan fingerprint density at radius 1 is 1.20 bits per heavy atom. The normalized spacial score (nSPS) is 47.6. The average Bonchev–Trinajstić information content (AvgIpc) is 2.94. The van der Waals surface area contributed by atoms with Crippen LogP contribution in [0.15, 0.2) is 11.6 Å². The van der Waals surface area contributed by atoms with Gasteiger partial charge in [0.25, 0.3) is 0 Å². The standard InChI is InChI=1S/C23H31FO6/c1-13(25)30-12-19(28)22(29)9-7-16-17-5-4-14-10-15(26)6-8-20(14,2)23(17,24)18(27)11-21(16,22)3/h10,16-18,27,29H,4-9,11-12H2,1-3H3/t16-,17+,18+,20+,21+,22-,23+/m1/s1. The highest BCUT2D eigenvalue weighted by Crippen LogP contribution is 2.70. The maximum Gasteiger partial charge on any atom is 0.303 e. The smallest absolute Gasteiger partial charge is 0.303 e. The molecule has 0 bridgehead atoms. The highest BCUT2D eigenvalue weighted by atomic mass is 19.1. The first-order valence-corrected chi connectivity index (χ1v) is 10.9. The van der Waals surface area contributed by atoms with Crippen molar-refractivity contribution < 1.29 is 33.7 Å². The summed E-state index contributed by atoms with van der Waals surface area (Å²) in [7, 11) is 0. The van der Waals surface area contributed by atoms with Gasteiger partial charge in [0.2, 0.25) is 5.78 Å². The Bertz CT molecular complexity index is 838. The molecule has 0 saturated heterocycles. The maximum atomic E-state index is 16.9. The van der Waals surface area contributed by atoms with E-state index in [1.165, 1.54) is 6.92 Å². The molecule has 4 aliphatic carbocycles. The van der Waals surface area contributed by atoms with Crippen LogP contribution in [0.1, 0.15) is 65.7 Å². The molecule has 0 amide bonds. The molecular weight excluding hydrogens is 391 g/mol. The van der Waals surface area contributed by atoms with Gasteiger partial charge in [-0.15, -0.1) is 0 Å². The van der Waals surface area contributed by atoms with Crippen LogP contribution < -0.4 is 0 Å². The van der Waals surface area contributed by atoms with E-state index in [0.29, 0.717) is 25.7 Å². The first-order chi connectivity index (χ1) is 13.9. The van der Waals surface area contributed by atoms with Crippen LogP contribution in [-0.2, 0) is 19.1 Å². The second-order valence-electron chi connectivity index (χ2n) is 10.2. The number of alkyl halides is 1. The largest absolute Gasteiger partial charge is 0.458 e. The lowest BCUT2D eigenvalue weighted by Crippen LogP contribution is -2.69. The monoisotopic (exact) mass is 422 g/mol. The molecule has 7 heteroatoms. The Morgan fingerprint density at radius 2 is 1.90 bits per heavy atom. The number of fused-ring (bicyclic) bond motifs is 5. The molecule has 0 aromatic carbocycles. The summed E-state index contributed by atoms with van der Waals surface area (Å²) >= 11 is 0. The number of rotatable bonds is 3. The highest BCUT2D eigenvalue weighted by Gasteiger charge is 2.74. The Balaban J connectivity index is 1.71. The third-order valence-corrected chi connectivity index (χ3v) is 9.06. The van der Waals surface area contributed by atoms with Crippen LogP contribution in [0.3, 0.4) is 0 Å². The van der Waals surface area contributed by atoms with E-state index in [4.69, 9.17) is 4.74 Å². The van der Waals surface area contributed by atoms with E-state index >= 15 is 4.39 Å². The van der Waals surface area contributed by atoms with Gasteiger partial charge in [0.15, 0.2) is 12.4 Å². The molecule has 4 aliphatic rings. The summed E-state index contributed by atoms with van der Waals surface area (Å²) in [5.41, 5.74) is -4.83. The van der Waals surface area contributed by atoms with Gasteiger partial charge in [0, 0.05) is 30.1 Å². The van der Waals surface area contributed by atoms with Crippen LogP contribution in [0.4, 0.5) is 4.39 Å². The molecule has 0 radical (unpaired) electrons. The summed E-state index contributed by atoms with van der Waals surface area (Å²) in [6, 6.07) is 0. The molecule has 6 nitrogen and oxygen atoms in total. The van der Waals surface area contributed by atoms with Crippen LogP contribution in [0.25, 0.3) is 0 Å². The molecule has 0 heterocycles. The maximum absolute atomic E-state index is 16.9. The summed E-state index contributed by atoms with van der Waals surface area (Å²) in [5.74, 6) is -1.99. The summed E-state index contributed by atoms with van der Waals surface area (Å²) < 4.78 is 21.8. The number of aliphatic hydroxyl groups excluding tert-OH is 1. The number of ketones is 2. The van der Waals surface area contributed by atoms with Crippen molar-refractivity contribution in [2.45, 2.75) is 83.1 Å². The van der Waals surface area contributed by atoms with Gasteiger partial charge in [-0.2, -0.15) is 0 Å². The number of hydrogen-bond donors (Lipinski definition) is 2. The van der Waals surface area contributed by atoms with Crippen molar-refractivity contribution >= 4 is 17.5 Å². The Labute approximate surface area is 175 Å². The van der Waals surface area contributed by atoms with E-state index < -0.39 is 52.5 Å². The van der Waals surface area contributed by atoms with Crippen LogP contribution in [0.2, 0.25) is 0 Å². The Hall–Kier alpha value is -1.60. The molecule has 2 N–H and O–H groups in total. The van der Waals surface area contributed by atoms with E-state index in [2.05, 4.69) is 0 Å². The number of carbonyl (C=O) groups excluding carboxylic acids is 3. The molecule has 3 fully saturated rings. The molecule has 30 heavy (non-hydrogen) atoms. The minimum atomic E-state index is -1.91. The second-order valence-corrected chi connectivity index (χ2v) is 10.2. The zero-order chi connectivity index (χ0) is 22.1. The van der Waals surface area contributed by atoms with E-state index in [9.17, 15) is 24.6 Å². The van der Waals surface area contributed by atoms with Crippen molar-refractivity contribution in [2.24, 2.45) is 22.7 Å². The lowest BCUT2D eigenvalue weighted by atomic mass is 9.44. The van der Waals surface area contributed by atoms with E-state index in [1.54, 1.807) is 13.0 Å². The van der Waals surface area contributed by atoms with Crippen molar-refractivity contribution in [3.63, 3.8) is 0 Å². The fraction of sp³-hybridized carbons (Fsp3) is 0.783. The van der Waals surface area contributed by atoms with Crippen LogP contribution in [0, 0.1) is 22.7 Å². The zero-order valence-corrected chi connectivity index (χ0v) is 17.9. The highest BCUT2D eigenvalue weighted by molar-refractivity contribution is 5.92. The quantitative estimate of drug-likeness (QED) is 0.678. The van der Waals surface area contributed by atoms with E-state index in [1.807, 2.05) is 6.92 Å². The lowest BCUT2D eigenvalue weighted by molar-refractivity contribution is -0.227. The molecule has 166 valence electrons. The van der Waals surface area contributed by atoms with Gasteiger partial charge in [-0.3, -0.25) is 14.4 Å². The third kappa shape index (κ3) is 2.57. The van der Waals surface area contributed by atoms with Crippen molar-refractivity contribution in [2.75, 3.05) is 6.61 Å². The van der Waals surface area contributed by atoms with Gasteiger partial charge in [-0.25, -0.2) is 4.39 Å². The molecule has 0 aromatic heterocycles. The van der Waals surface area contributed by atoms with Gasteiger partial charge in [0.1, 0.15) is 11.3 Å². The average molecular weight is 422 g/mol. The van der Waals surface area contributed by atoms with E-state index in [-0.39, 0.29) is 31.0 Å². The number of ether oxygens (including phenoxy) is 1. The van der Waals surface area contributed by atoms with Crippen LogP contribution >= 0.6 is 0 Å². The van der Waals surface area contributed by atoms with Gasteiger partial charge in [0.05, 0.1) is 6.10 Å². The number of aliphatic hydroxyl groups is 2. The fourth-order valence-corrected chi connectivity index (χ4v) is 7.32. The van der Waals surface area contributed by atoms with Crippen molar-refractivity contribution in [1.82, 2.24) is 0 Å². The predicted molar refractivity (Wildman–Crippen MR) is 105 cm³/mol. The van der Waals surface area contributed by atoms with Crippen molar-refractivity contribution in [3.05, 3.63) is 11.6 Å². The zero-order valence-electron chi connectivity index (χ0n) is 17.9. The molecule has 0 aliphatic heterocycles. The van der Waals surface area contributed by atoms with Gasteiger partial charge in [-0.05, 0) is 50.5 Å². The van der Waals surface area contributed by atoms with Gasteiger partial charge in [-0.1, -0.05) is 19.4 Å². The number of esters is 1. The molecule has 4 rings (SSSR count). The number of carbonyl (C=O) groups is 3. The van der Waals surface area contributed by atoms with Gasteiger partial charge >= 0.3 is 5.97 Å². The topological polar surface area (TPSA) is 101 Å². The molecule has 7 atom stereocenters. The molecule has 0 spiro atoms. The second kappa shape index (κ2) is 6.70. The molecule has 0 aromatic rings. The fourth-order valence-electron chi connectivity index (χ4n) is 7.32. The SMILES string of the molecule is CC(=O)OCC(=O)[C@]1(O)CC[C@@H]2[C@@H]3CCC4=CC(=O)CC[C@]4(C)[C@@]3(F)[C@@H](O)C[C@@]21C. The number of halogens is 1. The molecule has 0 unspecified atom stereocenters. The van der Waals surface area contributed by atoms with Crippen LogP contribution in [-0.4, -0.2) is 51.7 Å². The number of hydrogen-bond acceptors (Lipinski definition) is 6. The summed E-state index contributed by atoms with van der Waals surface area (Å²) in [5, 5.41) is 22.6. The van der Waals surface area contributed by atoms with Crippen LogP contribution in [0.5, 0.6) is 0 Å². The summed E-state index contributed by atoms with van der Waals surface area (Å²) in [6.07, 6.45) is 2.45. The first kappa shape index (κ1) is 21.6. The van der Waals surface area contributed by atoms with Gasteiger partial charge < -0.3 is 14.9 Å². The Morgan fingerprint density at radius 3 is 2.57 bits per heavy atom. The third-order valence-electron chi connectivity index (χ3n) is 9.06. The first-order valence-electron chi connectivity index (χ1n) is 10.9. The minimum absolute atomic E-state index is 0.00553. The van der Waals surface area contributed by atoms with Crippen molar-refractivity contribution in [1.29, 1.82) is 0 Å². The Kier molecular flexibility index (Phi) is 4.83. The number of Topliss-reactive ketones (excluding diaryl/α,β-unsaturated/α-hetero) is 1. The number of allylic oxidation sites excluding steroid dienone is 1. The molecular formula is C23H31FO6. The lowest BCUT2D eigenvalue weighted by Gasteiger charge is -2.63.